The van der Waals surface area contributed by atoms with Crippen LogP contribution in [0.2, 0.25) is 0 Å². The molecule has 4 fully saturated rings. The van der Waals surface area contributed by atoms with Crippen LogP contribution in [-0.4, -0.2) is 37.3 Å². The van der Waals surface area contributed by atoms with Gasteiger partial charge in [0.2, 0.25) is 0 Å². The summed E-state index contributed by atoms with van der Waals surface area (Å²) in [6.07, 6.45) is -1.11. The van der Waals surface area contributed by atoms with E-state index in [0.717, 1.165) is 17.0 Å². The molecule has 3 aromatic rings. The van der Waals surface area contributed by atoms with E-state index in [9.17, 15) is 18.0 Å². The molecule has 190 valence electrons. The van der Waals surface area contributed by atoms with E-state index in [1.165, 1.54) is 0 Å². The standard InChI is InChI=1S/C26H28F3N5O2/c1-4-34-10-17(5-6-19(34)35)18-9-16(7-8-36-18)22-32-21(20-23(33-22)31-15(3)14(2)30-20)24-11-25(12-24,13-24)26(27,28)29/h5-6,10,16,18H,4,7-9,11-13H2,1-3H3/t16-,18+,24?,25?/m0/s1. The summed E-state index contributed by atoms with van der Waals surface area (Å²) in [7, 11) is 0. The molecule has 3 aromatic heterocycles. The molecule has 0 spiro atoms. The van der Waals surface area contributed by atoms with Gasteiger partial charge in [-0.05, 0) is 64.5 Å². The highest BCUT2D eigenvalue weighted by molar-refractivity contribution is 5.75. The second kappa shape index (κ2) is 7.81. The highest BCUT2D eigenvalue weighted by atomic mass is 19.4. The van der Waals surface area contributed by atoms with Crippen LogP contribution in [-0.2, 0) is 16.7 Å². The van der Waals surface area contributed by atoms with E-state index in [4.69, 9.17) is 14.7 Å². The van der Waals surface area contributed by atoms with Gasteiger partial charge in [-0.3, -0.25) is 4.79 Å². The second-order valence-electron chi connectivity index (χ2n) is 10.8. The van der Waals surface area contributed by atoms with Crippen molar-refractivity contribution in [3.8, 4) is 0 Å². The van der Waals surface area contributed by atoms with Gasteiger partial charge in [-0.25, -0.2) is 19.9 Å². The zero-order valence-electron chi connectivity index (χ0n) is 20.5. The number of halogens is 3. The Morgan fingerprint density at radius 3 is 2.50 bits per heavy atom. The molecule has 4 aliphatic rings. The van der Waals surface area contributed by atoms with Crippen molar-refractivity contribution in [2.24, 2.45) is 5.41 Å². The molecular formula is C26H28F3N5O2. The SMILES string of the molecule is CCn1cc([C@H]2C[C@@H](c3nc(C45CC(C(F)(F)F)(C4)C5)c4nc(C)c(C)nc4n3)CCO2)ccc1=O. The van der Waals surface area contributed by atoms with Crippen molar-refractivity contribution in [3.05, 3.63) is 57.2 Å². The lowest BCUT2D eigenvalue weighted by Crippen LogP contribution is -2.70. The Kier molecular flexibility index (Phi) is 5.10. The van der Waals surface area contributed by atoms with Crippen LogP contribution in [0.4, 0.5) is 13.2 Å². The summed E-state index contributed by atoms with van der Waals surface area (Å²) in [4.78, 5) is 31.1. The zero-order chi connectivity index (χ0) is 25.5. The van der Waals surface area contributed by atoms with E-state index in [2.05, 4.69) is 9.97 Å². The molecule has 7 rings (SSSR count). The largest absolute Gasteiger partial charge is 0.394 e. The molecule has 0 radical (unpaired) electrons. The summed E-state index contributed by atoms with van der Waals surface area (Å²) in [6, 6.07) is 3.35. The number of aryl methyl sites for hydroxylation is 3. The predicted octanol–water partition coefficient (Wildman–Crippen LogP) is 4.84. The van der Waals surface area contributed by atoms with E-state index < -0.39 is 17.0 Å². The number of pyridine rings is 1. The Bertz CT molecular complexity index is 1410. The molecule has 1 saturated heterocycles. The number of fused-ring (bicyclic) bond motifs is 1. The van der Waals surface area contributed by atoms with Gasteiger partial charge in [-0.15, -0.1) is 0 Å². The van der Waals surface area contributed by atoms with Crippen LogP contribution in [0.15, 0.2) is 23.1 Å². The molecule has 0 N–H and O–H groups in total. The third-order valence-electron chi connectivity index (χ3n) is 8.46. The summed E-state index contributed by atoms with van der Waals surface area (Å²) < 4.78 is 48.5. The highest BCUT2D eigenvalue weighted by Gasteiger charge is 2.79. The highest BCUT2D eigenvalue weighted by Crippen LogP contribution is 2.78. The fourth-order valence-corrected chi connectivity index (χ4v) is 6.27. The molecule has 7 nitrogen and oxygen atoms in total. The minimum absolute atomic E-state index is 0.0405. The van der Waals surface area contributed by atoms with Crippen LogP contribution in [0.5, 0.6) is 0 Å². The fraction of sp³-hybridized carbons (Fsp3) is 0.577. The number of rotatable bonds is 4. The molecule has 2 bridgehead atoms. The quantitative estimate of drug-likeness (QED) is 0.511. The van der Waals surface area contributed by atoms with Gasteiger partial charge in [0.15, 0.2) is 5.65 Å². The van der Waals surface area contributed by atoms with Crippen LogP contribution < -0.4 is 5.56 Å². The molecule has 3 saturated carbocycles. The van der Waals surface area contributed by atoms with E-state index >= 15 is 0 Å². The normalized spacial score (nSPS) is 29.6. The average Bonchev–Trinajstić information content (AvgIpc) is 2.77. The Morgan fingerprint density at radius 2 is 1.81 bits per heavy atom. The van der Waals surface area contributed by atoms with Gasteiger partial charge < -0.3 is 9.30 Å². The summed E-state index contributed by atoms with van der Waals surface area (Å²) in [5, 5.41) is 0. The molecule has 4 heterocycles. The molecule has 10 heteroatoms. The third-order valence-corrected chi connectivity index (χ3v) is 8.46. The maximum Gasteiger partial charge on any atom is 0.394 e. The zero-order valence-corrected chi connectivity index (χ0v) is 20.5. The lowest BCUT2D eigenvalue weighted by atomic mass is 9.34. The maximum absolute atomic E-state index is 13.6. The number of hydrogen-bond acceptors (Lipinski definition) is 6. The molecule has 3 aliphatic carbocycles. The van der Waals surface area contributed by atoms with Crippen molar-refractivity contribution in [3.63, 3.8) is 0 Å². The number of hydrogen-bond donors (Lipinski definition) is 0. The number of nitrogens with zero attached hydrogens (tertiary/aromatic N) is 5. The lowest BCUT2D eigenvalue weighted by molar-refractivity contribution is -0.337. The first-order chi connectivity index (χ1) is 17.0. The number of aromatic nitrogens is 5. The average molecular weight is 500 g/mol. The van der Waals surface area contributed by atoms with Crippen LogP contribution in [0, 0.1) is 19.3 Å². The van der Waals surface area contributed by atoms with Gasteiger partial charge in [0.25, 0.3) is 5.56 Å². The summed E-state index contributed by atoms with van der Waals surface area (Å²) >= 11 is 0. The molecular weight excluding hydrogens is 471 g/mol. The van der Waals surface area contributed by atoms with Crippen LogP contribution in [0.25, 0.3) is 11.2 Å². The maximum atomic E-state index is 13.6. The molecule has 0 unspecified atom stereocenters. The van der Waals surface area contributed by atoms with Crippen LogP contribution >= 0.6 is 0 Å². The summed E-state index contributed by atoms with van der Waals surface area (Å²) in [5.74, 6) is 0.555. The predicted molar refractivity (Wildman–Crippen MR) is 126 cm³/mol. The van der Waals surface area contributed by atoms with Crippen molar-refractivity contribution in [1.82, 2.24) is 24.5 Å². The molecule has 0 aromatic carbocycles. The first-order valence-electron chi connectivity index (χ1n) is 12.5. The first kappa shape index (κ1) is 23.5. The van der Waals surface area contributed by atoms with Gasteiger partial charge in [0.1, 0.15) is 11.3 Å². The van der Waals surface area contributed by atoms with Gasteiger partial charge in [-0.2, -0.15) is 13.2 Å². The van der Waals surface area contributed by atoms with Crippen molar-refractivity contribution < 1.29 is 17.9 Å². The van der Waals surface area contributed by atoms with Crippen molar-refractivity contribution in [2.75, 3.05) is 6.61 Å². The summed E-state index contributed by atoms with van der Waals surface area (Å²) in [6.45, 7) is 6.68. The lowest BCUT2D eigenvalue weighted by Gasteiger charge is -2.70. The topological polar surface area (TPSA) is 82.8 Å². The number of ether oxygens (including phenoxy) is 1. The van der Waals surface area contributed by atoms with E-state index in [1.54, 1.807) is 16.7 Å². The van der Waals surface area contributed by atoms with Crippen molar-refractivity contribution >= 4 is 11.2 Å². The van der Waals surface area contributed by atoms with Crippen LogP contribution in [0.3, 0.4) is 0 Å². The molecule has 2 atom stereocenters. The van der Waals surface area contributed by atoms with Crippen molar-refractivity contribution in [1.29, 1.82) is 0 Å². The smallest absolute Gasteiger partial charge is 0.373 e. The van der Waals surface area contributed by atoms with Gasteiger partial charge in [0, 0.05) is 36.7 Å². The van der Waals surface area contributed by atoms with Gasteiger partial charge in [0.05, 0.1) is 28.6 Å². The Morgan fingerprint density at radius 1 is 1.08 bits per heavy atom. The Hall–Kier alpha value is -2.88. The minimum atomic E-state index is -4.19. The van der Waals surface area contributed by atoms with Crippen molar-refractivity contribution in [2.45, 2.75) is 83.0 Å². The van der Waals surface area contributed by atoms with Gasteiger partial charge >= 0.3 is 6.18 Å². The summed E-state index contributed by atoms with van der Waals surface area (Å²) in [5.41, 5.74) is 1.74. The van der Waals surface area contributed by atoms with E-state index in [1.807, 2.05) is 27.0 Å². The molecule has 0 amide bonds. The fourth-order valence-electron chi connectivity index (χ4n) is 6.27. The second-order valence-corrected chi connectivity index (χ2v) is 10.8. The first-order valence-corrected chi connectivity index (χ1v) is 12.5. The molecule has 1 aliphatic heterocycles. The van der Waals surface area contributed by atoms with Gasteiger partial charge in [-0.1, -0.05) is 0 Å². The third kappa shape index (κ3) is 3.40. The van der Waals surface area contributed by atoms with Crippen LogP contribution in [0.1, 0.15) is 79.5 Å². The Balaban J connectivity index is 1.37. The molecule has 36 heavy (non-hydrogen) atoms. The minimum Gasteiger partial charge on any atom is -0.373 e. The Labute approximate surface area is 206 Å². The number of alkyl halides is 3. The van der Waals surface area contributed by atoms with E-state index in [0.29, 0.717) is 48.7 Å². The monoisotopic (exact) mass is 499 g/mol. The van der Waals surface area contributed by atoms with E-state index in [-0.39, 0.29) is 36.8 Å².